The van der Waals surface area contributed by atoms with Crippen LogP contribution in [0.2, 0.25) is 0 Å². The highest BCUT2D eigenvalue weighted by Crippen LogP contribution is 2.20. The molecule has 2 aromatic rings. The van der Waals surface area contributed by atoms with E-state index in [1.807, 2.05) is 6.92 Å². The molecule has 2 atom stereocenters. The quantitative estimate of drug-likeness (QED) is 0.849. The molecule has 0 aliphatic carbocycles. The number of nitrogens with two attached hydrogens (primary N) is 1. The lowest BCUT2D eigenvalue weighted by Crippen LogP contribution is -2.30. The van der Waals surface area contributed by atoms with E-state index in [-0.39, 0.29) is 17.9 Å². The maximum Gasteiger partial charge on any atom is 0.137 e. The second-order valence-corrected chi connectivity index (χ2v) is 3.73. The lowest BCUT2D eigenvalue weighted by molar-refractivity contribution is 0.452. The van der Waals surface area contributed by atoms with Crippen LogP contribution in [0, 0.1) is 5.82 Å². The molecule has 0 amide bonds. The summed E-state index contributed by atoms with van der Waals surface area (Å²) in [4.78, 5) is 3.89. The molecule has 4 nitrogen and oxygen atoms in total. The minimum atomic E-state index is -0.259. The zero-order chi connectivity index (χ0) is 11.5. The fourth-order valence-electron chi connectivity index (χ4n) is 1.72. The summed E-state index contributed by atoms with van der Waals surface area (Å²) in [5.41, 5.74) is 6.83. The first-order valence-corrected chi connectivity index (χ1v) is 5.03. The summed E-state index contributed by atoms with van der Waals surface area (Å²) < 4.78 is 14.5. The van der Waals surface area contributed by atoms with Crippen molar-refractivity contribution in [3.63, 3.8) is 0 Å². The van der Waals surface area contributed by atoms with Gasteiger partial charge in [0.25, 0.3) is 0 Å². The molecule has 1 aromatic heterocycles. The van der Waals surface area contributed by atoms with Crippen molar-refractivity contribution in [3.05, 3.63) is 48.3 Å². The third-order valence-electron chi connectivity index (χ3n) is 2.43. The standard InChI is InChI=1S/C11H13FN4/c1-8(13)11(16-7-14-6-15-16)9-2-4-10(12)5-3-9/h2-8,11H,13H2,1H3. The fraction of sp³-hybridized carbons (Fsp3) is 0.273. The largest absolute Gasteiger partial charge is 0.326 e. The molecule has 0 aliphatic rings. The van der Waals surface area contributed by atoms with Crippen molar-refractivity contribution >= 4 is 0 Å². The number of benzene rings is 1. The number of hydrogen-bond donors (Lipinski definition) is 1. The molecule has 2 rings (SSSR count). The average Bonchev–Trinajstić information content (AvgIpc) is 2.74. The van der Waals surface area contributed by atoms with E-state index in [1.165, 1.54) is 18.5 Å². The fourth-order valence-corrected chi connectivity index (χ4v) is 1.72. The Kier molecular flexibility index (Phi) is 2.96. The molecule has 0 spiro atoms. The summed E-state index contributed by atoms with van der Waals surface area (Å²) in [5.74, 6) is -0.259. The van der Waals surface area contributed by atoms with Gasteiger partial charge in [-0.2, -0.15) is 5.10 Å². The summed E-state index contributed by atoms with van der Waals surface area (Å²) in [7, 11) is 0. The van der Waals surface area contributed by atoms with E-state index >= 15 is 0 Å². The van der Waals surface area contributed by atoms with Gasteiger partial charge in [-0.3, -0.25) is 0 Å². The lowest BCUT2D eigenvalue weighted by atomic mass is 10.0. The summed E-state index contributed by atoms with van der Waals surface area (Å²) in [6, 6.07) is 6.01. The van der Waals surface area contributed by atoms with Crippen molar-refractivity contribution in [1.29, 1.82) is 0 Å². The Labute approximate surface area is 92.9 Å². The second kappa shape index (κ2) is 4.40. The predicted molar refractivity (Wildman–Crippen MR) is 58.2 cm³/mol. The van der Waals surface area contributed by atoms with Gasteiger partial charge in [-0.15, -0.1) is 0 Å². The number of rotatable bonds is 3. The highest BCUT2D eigenvalue weighted by Gasteiger charge is 2.18. The van der Waals surface area contributed by atoms with Crippen LogP contribution in [0.4, 0.5) is 4.39 Å². The van der Waals surface area contributed by atoms with Crippen molar-refractivity contribution in [2.75, 3.05) is 0 Å². The molecule has 5 heteroatoms. The Balaban J connectivity index is 2.37. The van der Waals surface area contributed by atoms with E-state index in [1.54, 1.807) is 23.1 Å². The van der Waals surface area contributed by atoms with Gasteiger partial charge < -0.3 is 5.73 Å². The first-order chi connectivity index (χ1) is 7.68. The van der Waals surface area contributed by atoms with Crippen LogP contribution in [-0.4, -0.2) is 20.8 Å². The Morgan fingerprint density at radius 2 is 2.00 bits per heavy atom. The molecule has 2 unspecified atom stereocenters. The van der Waals surface area contributed by atoms with Gasteiger partial charge in [0.1, 0.15) is 18.5 Å². The third kappa shape index (κ3) is 2.09. The maximum absolute atomic E-state index is 12.8. The Bertz CT molecular complexity index is 436. The molecule has 0 fully saturated rings. The minimum Gasteiger partial charge on any atom is -0.326 e. The first-order valence-electron chi connectivity index (χ1n) is 5.03. The van der Waals surface area contributed by atoms with Crippen molar-refractivity contribution in [2.24, 2.45) is 5.73 Å². The molecule has 0 saturated carbocycles. The highest BCUT2D eigenvalue weighted by atomic mass is 19.1. The normalized spacial score (nSPS) is 14.7. The molecule has 0 saturated heterocycles. The van der Waals surface area contributed by atoms with E-state index < -0.39 is 0 Å². The van der Waals surface area contributed by atoms with E-state index in [0.717, 1.165) is 5.56 Å². The van der Waals surface area contributed by atoms with Crippen LogP contribution in [0.5, 0.6) is 0 Å². The van der Waals surface area contributed by atoms with E-state index in [9.17, 15) is 4.39 Å². The number of halogens is 1. The predicted octanol–water partition coefficient (Wildman–Crippen LogP) is 1.35. The van der Waals surface area contributed by atoms with Gasteiger partial charge in [0, 0.05) is 6.04 Å². The van der Waals surface area contributed by atoms with Gasteiger partial charge in [0.2, 0.25) is 0 Å². The SMILES string of the molecule is CC(N)C(c1ccc(F)cc1)n1cncn1. The van der Waals surface area contributed by atoms with E-state index in [0.29, 0.717) is 0 Å². The highest BCUT2D eigenvalue weighted by molar-refractivity contribution is 5.21. The van der Waals surface area contributed by atoms with Gasteiger partial charge in [-0.1, -0.05) is 12.1 Å². The van der Waals surface area contributed by atoms with Crippen molar-refractivity contribution in [2.45, 2.75) is 19.0 Å². The molecule has 1 aromatic carbocycles. The number of nitrogens with zero attached hydrogens (tertiary/aromatic N) is 3. The van der Waals surface area contributed by atoms with Gasteiger partial charge in [-0.25, -0.2) is 14.1 Å². The van der Waals surface area contributed by atoms with Gasteiger partial charge >= 0.3 is 0 Å². The van der Waals surface area contributed by atoms with E-state index in [4.69, 9.17) is 5.73 Å². The van der Waals surface area contributed by atoms with Gasteiger partial charge in [-0.05, 0) is 24.6 Å². The molecule has 0 radical (unpaired) electrons. The molecule has 0 bridgehead atoms. The third-order valence-corrected chi connectivity index (χ3v) is 2.43. The second-order valence-electron chi connectivity index (χ2n) is 3.73. The molecular formula is C11H13FN4. The van der Waals surface area contributed by atoms with Crippen LogP contribution in [-0.2, 0) is 0 Å². The maximum atomic E-state index is 12.8. The van der Waals surface area contributed by atoms with Gasteiger partial charge in [0.05, 0.1) is 6.04 Å². The smallest absolute Gasteiger partial charge is 0.137 e. The van der Waals surface area contributed by atoms with Crippen LogP contribution < -0.4 is 5.73 Å². The van der Waals surface area contributed by atoms with Crippen LogP contribution in [0.1, 0.15) is 18.5 Å². The lowest BCUT2D eigenvalue weighted by Gasteiger charge is -2.21. The molecule has 1 heterocycles. The molecule has 0 aliphatic heterocycles. The summed E-state index contributed by atoms with van der Waals surface area (Å²) in [6.07, 6.45) is 3.07. The summed E-state index contributed by atoms with van der Waals surface area (Å²) in [5, 5.41) is 4.07. The zero-order valence-corrected chi connectivity index (χ0v) is 8.92. The number of aromatic nitrogens is 3. The zero-order valence-electron chi connectivity index (χ0n) is 8.92. The van der Waals surface area contributed by atoms with E-state index in [2.05, 4.69) is 10.1 Å². The Morgan fingerprint density at radius 3 is 2.50 bits per heavy atom. The topological polar surface area (TPSA) is 56.7 Å². The van der Waals surface area contributed by atoms with Gasteiger partial charge in [0.15, 0.2) is 0 Å². The molecule has 84 valence electrons. The van der Waals surface area contributed by atoms with Crippen molar-refractivity contribution < 1.29 is 4.39 Å². The number of hydrogen-bond acceptors (Lipinski definition) is 3. The molecule has 16 heavy (non-hydrogen) atoms. The van der Waals surface area contributed by atoms with Crippen LogP contribution in [0.3, 0.4) is 0 Å². The van der Waals surface area contributed by atoms with Crippen LogP contribution in [0.15, 0.2) is 36.9 Å². The summed E-state index contributed by atoms with van der Waals surface area (Å²) >= 11 is 0. The molecular weight excluding hydrogens is 207 g/mol. The summed E-state index contributed by atoms with van der Waals surface area (Å²) in [6.45, 7) is 1.88. The monoisotopic (exact) mass is 220 g/mol. The van der Waals surface area contributed by atoms with Crippen LogP contribution in [0.25, 0.3) is 0 Å². The van der Waals surface area contributed by atoms with Crippen molar-refractivity contribution in [3.8, 4) is 0 Å². The average molecular weight is 220 g/mol. The Hall–Kier alpha value is -1.75. The molecule has 2 N–H and O–H groups in total. The minimum absolute atomic E-state index is 0.122. The first kappa shape index (κ1) is 10.8. The Morgan fingerprint density at radius 1 is 1.31 bits per heavy atom. The van der Waals surface area contributed by atoms with Crippen LogP contribution >= 0.6 is 0 Å². The van der Waals surface area contributed by atoms with Crippen molar-refractivity contribution in [1.82, 2.24) is 14.8 Å².